The third kappa shape index (κ3) is 3.44. The Bertz CT molecular complexity index is 603. The number of ether oxygens (including phenoxy) is 1. The van der Waals surface area contributed by atoms with Gasteiger partial charge in [-0.05, 0) is 31.5 Å². The standard InChI is InChI=1S/C14H14Cl3NO3/c1-8-3-4-9(5-10(8)15)18-11(19)6-21-12(20)13(2)7-14(13,16)17/h3-5H,6-7H2,1-2H3,(H,18,19)/t13-/m1/s1. The second-order valence-electron chi connectivity index (χ2n) is 5.30. The zero-order valence-corrected chi connectivity index (χ0v) is 13.8. The zero-order valence-electron chi connectivity index (χ0n) is 11.5. The van der Waals surface area contributed by atoms with E-state index in [1.807, 2.05) is 6.92 Å². The van der Waals surface area contributed by atoms with Gasteiger partial charge in [-0.3, -0.25) is 9.59 Å². The molecule has 21 heavy (non-hydrogen) atoms. The maximum absolute atomic E-state index is 11.8. The number of aryl methyl sites for hydroxylation is 1. The van der Waals surface area contributed by atoms with Crippen molar-refractivity contribution in [3.05, 3.63) is 28.8 Å². The van der Waals surface area contributed by atoms with Crippen LogP contribution in [0.15, 0.2) is 18.2 Å². The molecule has 114 valence electrons. The maximum Gasteiger partial charge on any atom is 0.315 e. The summed E-state index contributed by atoms with van der Waals surface area (Å²) in [6.07, 6.45) is 0.317. The van der Waals surface area contributed by atoms with Crippen LogP contribution < -0.4 is 5.32 Å². The van der Waals surface area contributed by atoms with Crippen LogP contribution in [0.1, 0.15) is 18.9 Å². The van der Waals surface area contributed by atoms with Gasteiger partial charge in [0.2, 0.25) is 0 Å². The van der Waals surface area contributed by atoms with Crippen LogP contribution in [0.2, 0.25) is 5.02 Å². The van der Waals surface area contributed by atoms with Gasteiger partial charge in [0.1, 0.15) is 9.75 Å². The maximum atomic E-state index is 11.8. The fourth-order valence-corrected chi connectivity index (χ4v) is 2.65. The van der Waals surface area contributed by atoms with E-state index in [0.29, 0.717) is 17.1 Å². The quantitative estimate of drug-likeness (QED) is 0.665. The summed E-state index contributed by atoms with van der Waals surface area (Å²) in [7, 11) is 0. The molecule has 4 nitrogen and oxygen atoms in total. The number of amides is 1. The highest BCUT2D eigenvalue weighted by molar-refractivity contribution is 6.53. The number of carbonyl (C=O) groups excluding carboxylic acids is 2. The minimum atomic E-state index is -1.11. The second kappa shape index (κ2) is 5.67. The summed E-state index contributed by atoms with van der Waals surface area (Å²) < 4.78 is 3.83. The van der Waals surface area contributed by atoms with Crippen molar-refractivity contribution in [1.29, 1.82) is 0 Å². The van der Waals surface area contributed by atoms with Crippen molar-refractivity contribution < 1.29 is 14.3 Å². The highest BCUT2D eigenvalue weighted by atomic mass is 35.5. The van der Waals surface area contributed by atoms with Crippen LogP contribution in [-0.2, 0) is 14.3 Å². The predicted molar refractivity (Wildman–Crippen MR) is 82.9 cm³/mol. The Morgan fingerprint density at radius 3 is 2.52 bits per heavy atom. The van der Waals surface area contributed by atoms with E-state index in [-0.39, 0.29) is 0 Å². The Kier molecular flexibility index (Phi) is 4.43. The van der Waals surface area contributed by atoms with Gasteiger partial charge in [-0.1, -0.05) is 17.7 Å². The highest BCUT2D eigenvalue weighted by Crippen LogP contribution is 2.64. The smallest absolute Gasteiger partial charge is 0.315 e. The molecule has 0 unspecified atom stereocenters. The van der Waals surface area contributed by atoms with E-state index in [0.717, 1.165) is 5.56 Å². The Labute approximate surface area is 137 Å². The topological polar surface area (TPSA) is 55.4 Å². The molecule has 1 N–H and O–H groups in total. The first-order valence-corrected chi connectivity index (χ1v) is 7.40. The van der Waals surface area contributed by atoms with Gasteiger partial charge < -0.3 is 10.1 Å². The number of halogens is 3. The molecule has 0 saturated heterocycles. The molecule has 1 aliphatic carbocycles. The predicted octanol–water partition coefficient (Wildman–Crippen LogP) is 3.71. The van der Waals surface area contributed by atoms with Gasteiger partial charge in [-0.25, -0.2) is 0 Å². The fraction of sp³-hybridized carbons (Fsp3) is 0.429. The number of alkyl halides is 2. The van der Waals surface area contributed by atoms with Crippen LogP contribution in [0.25, 0.3) is 0 Å². The van der Waals surface area contributed by atoms with Crippen LogP contribution in [0.4, 0.5) is 5.69 Å². The lowest BCUT2D eigenvalue weighted by Gasteiger charge is -2.12. The van der Waals surface area contributed by atoms with E-state index in [1.54, 1.807) is 25.1 Å². The molecule has 1 amide bonds. The van der Waals surface area contributed by atoms with E-state index < -0.39 is 28.2 Å². The third-order valence-corrected chi connectivity index (χ3v) is 5.01. The molecule has 0 aliphatic heterocycles. The summed E-state index contributed by atoms with van der Waals surface area (Å²) in [6.45, 7) is 3.06. The van der Waals surface area contributed by atoms with Gasteiger partial charge in [0.05, 0.1) is 0 Å². The van der Waals surface area contributed by atoms with Gasteiger partial charge in [0.15, 0.2) is 6.61 Å². The largest absolute Gasteiger partial charge is 0.455 e. The van der Waals surface area contributed by atoms with Crippen molar-refractivity contribution in [2.24, 2.45) is 5.41 Å². The lowest BCUT2D eigenvalue weighted by molar-refractivity contribution is -0.152. The van der Waals surface area contributed by atoms with Gasteiger partial charge in [-0.2, -0.15) is 0 Å². The molecule has 0 heterocycles. The number of nitrogens with one attached hydrogen (secondary N) is 1. The molecule has 7 heteroatoms. The number of carbonyl (C=O) groups is 2. The highest BCUT2D eigenvalue weighted by Gasteiger charge is 2.69. The van der Waals surface area contributed by atoms with Crippen molar-refractivity contribution in [2.75, 3.05) is 11.9 Å². The van der Waals surface area contributed by atoms with Crippen molar-refractivity contribution >= 4 is 52.4 Å². The summed E-state index contributed by atoms with van der Waals surface area (Å²) in [5, 5.41) is 3.14. The number of hydrogen-bond donors (Lipinski definition) is 1. The third-order valence-electron chi connectivity index (χ3n) is 3.50. The Hall–Kier alpha value is -0.970. The molecule has 1 fully saturated rings. The second-order valence-corrected chi connectivity index (χ2v) is 7.19. The number of benzene rings is 1. The first-order valence-electron chi connectivity index (χ1n) is 6.27. The minimum absolute atomic E-state index is 0.317. The van der Waals surface area contributed by atoms with Crippen LogP contribution in [0, 0.1) is 12.3 Å². The summed E-state index contributed by atoms with van der Waals surface area (Å²) in [5.74, 6) is -1.04. The van der Waals surface area contributed by atoms with Crippen LogP contribution in [0.3, 0.4) is 0 Å². The Morgan fingerprint density at radius 2 is 2.00 bits per heavy atom. The van der Waals surface area contributed by atoms with Crippen molar-refractivity contribution in [2.45, 2.75) is 24.6 Å². The molecule has 0 radical (unpaired) electrons. The molecule has 0 aromatic heterocycles. The number of rotatable bonds is 4. The van der Waals surface area contributed by atoms with Crippen LogP contribution >= 0.6 is 34.8 Å². The first kappa shape index (κ1) is 16.4. The van der Waals surface area contributed by atoms with Crippen molar-refractivity contribution in [3.8, 4) is 0 Å². The summed E-state index contributed by atoms with van der Waals surface area (Å²) in [6, 6.07) is 5.12. The number of hydrogen-bond acceptors (Lipinski definition) is 3. The molecular weight excluding hydrogens is 337 g/mol. The summed E-state index contributed by atoms with van der Waals surface area (Å²) in [5.41, 5.74) is 0.500. The van der Waals surface area contributed by atoms with E-state index >= 15 is 0 Å². The Balaban J connectivity index is 1.85. The molecule has 1 aliphatic rings. The average Bonchev–Trinajstić information content (AvgIpc) is 2.91. The number of esters is 1. The van der Waals surface area contributed by atoms with E-state index in [9.17, 15) is 9.59 Å². The minimum Gasteiger partial charge on any atom is -0.455 e. The van der Waals surface area contributed by atoms with Crippen molar-refractivity contribution in [3.63, 3.8) is 0 Å². The first-order chi connectivity index (χ1) is 9.65. The molecular formula is C14H14Cl3NO3. The van der Waals surface area contributed by atoms with Crippen molar-refractivity contribution in [1.82, 2.24) is 0 Å². The van der Waals surface area contributed by atoms with Gasteiger partial charge in [-0.15, -0.1) is 23.2 Å². The molecule has 0 spiro atoms. The average molecular weight is 351 g/mol. The van der Waals surface area contributed by atoms with Crippen LogP contribution in [-0.4, -0.2) is 22.8 Å². The van der Waals surface area contributed by atoms with Gasteiger partial charge in [0, 0.05) is 17.1 Å². The SMILES string of the molecule is Cc1ccc(NC(=O)COC(=O)[C@@]2(C)CC2(Cl)Cl)cc1Cl. The number of anilines is 1. The molecule has 1 aromatic rings. The summed E-state index contributed by atoms with van der Waals surface area (Å²) in [4.78, 5) is 23.5. The molecule has 1 saturated carbocycles. The Morgan fingerprint density at radius 1 is 1.38 bits per heavy atom. The molecule has 2 rings (SSSR count). The van der Waals surface area contributed by atoms with E-state index in [1.165, 1.54) is 0 Å². The molecule has 0 bridgehead atoms. The lowest BCUT2D eigenvalue weighted by atomic mass is 10.1. The fourth-order valence-electron chi connectivity index (χ4n) is 1.78. The van der Waals surface area contributed by atoms with Gasteiger partial charge in [0.25, 0.3) is 5.91 Å². The van der Waals surface area contributed by atoms with Crippen LogP contribution in [0.5, 0.6) is 0 Å². The monoisotopic (exact) mass is 349 g/mol. The molecule has 1 atom stereocenters. The van der Waals surface area contributed by atoms with E-state index in [2.05, 4.69) is 5.32 Å². The normalized spacial score (nSPS) is 22.5. The zero-order chi connectivity index (χ0) is 15.8. The summed E-state index contributed by atoms with van der Waals surface area (Å²) >= 11 is 17.7. The lowest BCUT2D eigenvalue weighted by Crippen LogP contribution is -2.26. The molecule has 1 aromatic carbocycles. The van der Waals surface area contributed by atoms with Gasteiger partial charge >= 0.3 is 5.97 Å². The van der Waals surface area contributed by atoms with E-state index in [4.69, 9.17) is 39.5 Å².